The van der Waals surface area contributed by atoms with E-state index >= 15 is 0 Å². The summed E-state index contributed by atoms with van der Waals surface area (Å²) in [6.45, 7) is 1.02. The van der Waals surface area contributed by atoms with Crippen molar-refractivity contribution in [1.29, 1.82) is 0 Å². The summed E-state index contributed by atoms with van der Waals surface area (Å²) in [7, 11) is 0. The van der Waals surface area contributed by atoms with Crippen molar-refractivity contribution in [3.63, 3.8) is 0 Å². The third kappa shape index (κ3) is 2.87. The van der Waals surface area contributed by atoms with Crippen LogP contribution in [0, 0.1) is 5.92 Å². The molecule has 0 radical (unpaired) electrons. The van der Waals surface area contributed by atoms with Crippen LogP contribution < -0.4 is 10.5 Å². The second-order valence-electron chi connectivity index (χ2n) is 5.82. The summed E-state index contributed by atoms with van der Waals surface area (Å²) in [5.74, 6) is -0.513. The molecule has 116 valence electrons. The molecule has 3 atom stereocenters. The van der Waals surface area contributed by atoms with Gasteiger partial charge in [-0.2, -0.15) is 13.2 Å². The number of alkyl halides is 3. The number of piperidine rings is 1. The summed E-state index contributed by atoms with van der Waals surface area (Å²) >= 11 is 0. The summed E-state index contributed by atoms with van der Waals surface area (Å²) < 4.78 is 44.5. The van der Waals surface area contributed by atoms with Crippen LogP contribution >= 0.6 is 0 Å². The van der Waals surface area contributed by atoms with Crippen molar-refractivity contribution in [2.75, 3.05) is 19.7 Å². The number of fused-ring (bicyclic) bond motifs is 1. The summed E-state index contributed by atoms with van der Waals surface area (Å²) in [4.78, 5) is 1.85. The number of likely N-dealkylation sites (tertiary alicyclic amines) is 1. The van der Waals surface area contributed by atoms with E-state index in [4.69, 9.17) is 10.5 Å². The van der Waals surface area contributed by atoms with Gasteiger partial charge in [0, 0.05) is 12.1 Å². The minimum atomic E-state index is -4.13. The Morgan fingerprint density at radius 2 is 2.00 bits per heavy atom. The zero-order valence-electron chi connectivity index (χ0n) is 11.6. The van der Waals surface area contributed by atoms with Crippen LogP contribution in [0.25, 0.3) is 0 Å². The van der Waals surface area contributed by atoms with E-state index in [0.29, 0.717) is 19.6 Å². The van der Waals surface area contributed by atoms with Crippen molar-refractivity contribution < 1.29 is 17.9 Å². The Balaban J connectivity index is 1.76. The molecule has 0 amide bonds. The quantitative estimate of drug-likeness (QED) is 0.866. The topological polar surface area (TPSA) is 38.5 Å². The van der Waals surface area contributed by atoms with Gasteiger partial charge in [0.1, 0.15) is 12.4 Å². The zero-order chi connectivity index (χ0) is 15.0. The first-order chi connectivity index (χ1) is 9.97. The van der Waals surface area contributed by atoms with Crippen LogP contribution in [0.1, 0.15) is 24.4 Å². The van der Waals surface area contributed by atoms with Gasteiger partial charge >= 0.3 is 6.18 Å². The number of nitrogens with zero attached hydrogens (tertiary/aromatic N) is 1. The first-order valence-electron chi connectivity index (χ1n) is 7.25. The molecule has 1 saturated heterocycles. The van der Waals surface area contributed by atoms with Crippen LogP contribution in [0.5, 0.6) is 5.75 Å². The summed E-state index contributed by atoms with van der Waals surface area (Å²) in [5, 5.41) is 0. The smallest absolute Gasteiger partial charge is 0.393 e. The lowest BCUT2D eigenvalue weighted by Crippen LogP contribution is -2.53. The summed E-state index contributed by atoms with van der Waals surface area (Å²) in [6, 6.07) is 6.98. The molecule has 1 fully saturated rings. The number of hydrogen-bond donors (Lipinski definition) is 1. The number of para-hydroxylation sites is 1. The van der Waals surface area contributed by atoms with E-state index in [1.54, 1.807) is 0 Å². The number of halogens is 3. The number of nitrogens with two attached hydrogens (primary N) is 1. The van der Waals surface area contributed by atoms with Gasteiger partial charge in [0.15, 0.2) is 0 Å². The molecule has 2 heterocycles. The summed E-state index contributed by atoms with van der Waals surface area (Å²) in [5.41, 5.74) is 7.15. The van der Waals surface area contributed by atoms with Crippen LogP contribution in [0.3, 0.4) is 0 Å². The number of rotatable bonds is 1. The Labute approximate surface area is 121 Å². The van der Waals surface area contributed by atoms with Gasteiger partial charge in [-0.25, -0.2) is 0 Å². The highest BCUT2D eigenvalue weighted by atomic mass is 19.4. The Kier molecular flexibility index (Phi) is 3.84. The Morgan fingerprint density at radius 1 is 1.24 bits per heavy atom. The largest absolute Gasteiger partial charge is 0.492 e. The second kappa shape index (κ2) is 5.50. The molecule has 21 heavy (non-hydrogen) atoms. The maximum atomic E-state index is 12.9. The van der Waals surface area contributed by atoms with E-state index in [0.717, 1.165) is 11.3 Å². The van der Waals surface area contributed by atoms with Gasteiger partial charge in [-0.15, -0.1) is 0 Å². The fourth-order valence-electron chi connectivity index (χ4n) is 3.28. The van der Waals surface area contributed by atoms with Crippen LogP contribution in [-0.4, -0.2) is 36.8 Å². The third-order valence-corrected chi connectivity index (χ3v) is 4.49. The van der Waals surface area contributed by atoms with Gasteiger partial charge in [-0.05, 0) is 25.5 Å². The highest BCUT2D eigenvalue weighted by Crippen LogP contribution is 2.37. The fourth-order valence-corrected chi connectivity index (χ4v) is 3.28. The van der Waals surface area contributed by atoms with Crippen molar-refractivity contribution in [2.45, 2.75) is 31.1 Å². The predicted octanol–water partition coefficient (Wildman–Crippen LogP) is 2.72. The lowest BCUT2D eigenvalue weighted by atomic mass is 9.91. The Morgan fingerprint density at radius 3 is 2.76 bits per heavy atom. The standard InChI is InChI=1S/C15H19F3N2O/c16-15(17,18)10-4-3-7-20(8-10)12-9-21-13-6-2-1-5-11(13)14(12)19/h1-2,5-6,10,12,14H,3-4,7-9,19H2. The first kappa shape index (κ1) is 14.7. The highest BCUT2D eigenvalue weighted by Gasteiger charge is 2.44. The minimum absolute atomic E-state index is 0.0212. The first-order valence-corrected chi connectivity index (χ1v) is 7.25. The monoisotopic (exact) mass is 300 g/mol. The van der Waals surface area contributed by atoms with Crippen molar-refractivity contribution in [3.05, 3.63) is 29.8 Å². The minimum Gasteiger partial charge on any atom is -0.492 e. The Bertz CT molecular complexity index is 506. The van der Waals surface area contributed by atoms with Gasteiger partial charge in [0.05, 0.1) is 18.0 Å². The molecule has 0 spiro atoms. The maximum absolute atomic E-state index is 12.9. The van der Waals surface area contributed by atoms with Gasteiger partial charge in [0.25, 0.3) is 0 Å². The zero-order valence-corrected chi connectivity index (χ0v) is 11.6. The lowest BCUT2D eigenvalue weighted by molar-refractivity contribution is -0.189. The van der Waals surface area contributed by atoms with E-state index < -0.39 is 12.1 Å². The number of ether oxygens (including phenoxy) is 1. The molecule has 3 unspecified atom stereocenters. The van der Waals surface area contributed by atoms with Crippen molar-refractivity contribution in [1.82, 2.24) is 4.90 Å². The van der Waals surface area contributed by atoms with Crippen molar-refractivity contribution in [3.8, 4) is 5.75 Å². The SMILES string of the molecule is NC1c2ccccc2OCC1N1CCCC(C(F)(F)F)C1. The molecule has 0 aromatic heterocycles. The molecule has 2 N–H and O–H groups in total. The normalized spacial score (nSPS) is 30.6. The molecule has 3 nitrogen and oxygen atoms in total. The molecule has 0 saturated carbocycles. The molecule has 0 aliphatic carbocycles. The van der Waals surface area contributed by atoms with Crippen molar-refractivity contribution >= 4 is 0 Å². The van der Waals surface area contributed by atoms with Crippen LogP contribution in [0.15, 0.2) is 24.3 Å². The number of benzene rings is 1. The van der Waals surface area contributed by atoms with Crippen LogP contribution in [-0.2, 0) is 0 Å². The molecular formula is C15H19F3N2O. The second-order valence-corrected chi connectivity index (χ2v) is 5.82. The molecule has 3 rings (SSSR count). The van der Waals surface area contributed by atoms with E-state index in [1.807, 2.05) is 29.2 Å². The third-order valence-electron chi connectivity index (χ3n) is 4.49. The molecule has 1 aromatic carbocycles. The van der Waals surface area contributed by atoms with Crippen molar-refractivity contribution in [2.24, 2.45) is 11.7 Å². The molecule has 0 bridgehead atoms. The fraction of sp³-hybridized carbons (Fsp3) is 0.600. The predicted molar refractivity (Wildman–Crippen MR) is 73.0 cm³/mol. The number of hydrogen-bond acceptors (Lipinski definition) is 3. The lowest BCUT2D eigenvalue weighted by Gasteiger charge is -2.43. The summed E-state index contributed by atoms with van der Waals surface area (Å²) in [6.07, 6.45) is -3.37. The van der Waals surface area contributed by atoms with E-state index in [9.17, 15) is 13.2 Å². The molecule has 2 aliphatic rings. The molecular weight excluding hydrogens is 281 g/mol. The van der Waals surface area contributed by atoms with Crippen LogP contribution in [0.4, 0.5) is 13.2 Å². The average molecular weight is 300 g/mol. The molecule has 1 aromatic rings. The molecule has 2 aliphatic heterocycles. The molecule has 6 heteroatoms. The Hall–Kier alpha value is -1.27. The van der Waals surface area contributed by atoms with E-state index in [-0.39, 0.29) is 25.0 Å². The van der Waals surface area contributed by atoms with Crippen LogP contribution in [0.2, 0.25) is 0 Å². The van der Waals surface area contributed by atoms with E-state index in [1.165, 1.54) is 0 Å². The average Bonchev–Trinajstić information content (AvgIpc) is 2.47. The highest BCUT2D eigenvalue weighted by molar-refractivity contribution is 5.38. The van der Waals surface area contributed by atoms with Gasteiger partial charge in [-0.3, -0.25) is 4.90 Å². The van der Waals surface area contributed by atoms with Gasteiger partial charge in [-0.1, -0.05) is 18.2 Å². The maximum Gasteiger partial charge on any atom is 0.393 e. The van der Waals surface area contributed by atoms with E-state index in [2.05, 4.69) is 0 Å². The van der Waals surface area contributed by atoms with Gasteiger partial charge in [0.2, 0.25) is 0 Å². The van der Waals surface area contributed by atoms with Gasteiger partial charge < -0.3 is 10.5 Å².